The fraction of sp³-hybridized carbons (Fsp3) is 0.167. The van der Waals surface area contributed by atoms with Crippen molar-refractivity contribution in [3.05, 3.63) is 41.2 Å². The van der Waals surface area contributed by atoms with E-state index in [2.05, 4.69) is 5.10 Å². The van der Waals surface area contributed by atoms with Gasteiger partial charge in [0.2, 0.25) is 5.69 Å². The van der Waals surface area contributed by atoms with E-state index in [9.17, 15) is 9.90 Å². The van der Waals surface area contributed by atoms with Crippen LogP contribution in [0.25, 0.3) is 5.69 Å². The van der Waals surface area contributed by atoms with Crippen molar-refractivity contribution in [1.82, 2.24) is 9.78 Å². The Morgan fingerprint density at radius 3 is 2.65 bits per heavy atom. The number of carboxylic acid groups (broad SMARTS) is 1. The van der Waals surface area contributed by atoms with Crippen LogP contribution in [0.4, 0.5) is 0 Å². The molecule has 1 aromatic heterocycles. The molecule has 0 saturated carbocycles. The Labute approximate surface area is 97.9 Å². The van der Waals surface area contributed by atoms with Crippen molar-refractivity contribution in [1.29, 1.82) is 0 Å². The molecule has 88 valence electrons. The number of carbonyl (C=O) groups is 1. The highest BCUT2D eigenvalue weighted by molar-refractivity contribution is 5.88. The van der Waals surface area contributed by atoms with E-state index in [0.29, 0.717) is 0 Å². The smallest absolute Gasteiger partial charge is 0.360 e. The van der Waals surface area contributed by atoms with Crippen molar-refractivity contribution in [2.24, 2.45) is 0 Å². The molecule has 0 bridgehead atoms. The minimum Gasteiger partial charge on any atom is -0.504 e. The van der Waals surface area contributed by atoms with Gasteiger partial charge in [0, 0.05) is 0 Å². The summed E-state index contributed by atoms with van der Waals surface area (Å²) in [4.78, 5) is 10.8. The van der Waals surface area contributed by atoms with Gasteiger partial charge in [-0.1, -0.05) is 12.1 Å². The Bertz CT molecular complexity index is 587. The highest BCUT2D eigenvalue weighted by atomic mass is 16.4. The maximum atomic E-state index is 10.8. The van der Waals surface area contributed by atoms with Crippen LogP contribution in [0.15, 0.2) is 24.4 Å². The van der Waals surface area contributed by atoms with E-state index in [1.807, 2.05) is 32.0 Å². The average molecular weight is 232 g/mol. The molecule has 17 heavy (non-hydrogen) atoms. The summed E-state index contributed by atoms with van der Waals surface area (Å²) in [7, 11) is 0. The van der Waals surface area contributed by atoms with E-state index in [1.54, 1.807) is 0 Å². The minimum atomic E-state index is -1.24. The first-order chi connectivity index (χ1) is 7.99. The summed E-state index contributed by atoms with van der Waals surface area (Å²) in [6.45, 7) is 3.83. The quantitative estimate of drug-likeness (QED) is 0.829. The minimum absolute atomic E-state index is 0.335. The van der Waals surface area contributed by atoms with Crippen molar-refractivity contribution in [3.63, 3.8) is 0 Å². The van der Waals surface area contributed by atoms with E-state index in [1.165, 1.54) is 10.9 Å². The molecule has 2 aromatic rings. The van der Waals surface area contributed by atoms with Gasteiger partial charge in [0.05, 0.1) is 11.9 Å². The van der Waals surface area contributed by atoms with Gasteiger partial charge >= 0.3 is 5.97 Å². The van der Waals surface area contributed by atoms with Crippen molar-refractivity contribution in [3.8, 4) is 11.4 Å². The molecule has 0 saturated heterocycles. The summed E-state index contributed by atoms with van der Waals surface area (Å²) in [6, 6.07) is 5.76. The maximum absolute atomic E-state index is 10.8. The van der Waals surface area contributed by atoms with Crippen LogP contribution in [0.2, 0.25) is 0 Å². The summed E-state index contributed by atoms with van der Waals surface area (Å²) in [5, 5.41) is 22.1. The second-order valence-corrected chi connectivity index (χ2v) is 3.90. The highest BCUT2D eigenvalue weighted by Crippen LogP contribution is 2.21. The molecule has 0 radical (unpaired) electrons. The molecule has 0 aliphatic carbocycles. The van der Waals surface area contributed by atoms with Crippen LogP contribution < -0.4 is 0 Å². The van der Waals surface area contributed by atoms with Gasteiger partial charge in [-0.2, -0.15) is 5.10 Å². The number of aromatic nitrogens is 2. The van der Waals surface area contributed by atoms with Crippen molar-refractivity contribution in [2.45, 2.75) is 13.8 Å². The number of hydrogen-bond acceptors (Lipinski definition) is 3. The first-order valence-corrected chi connectivity index (χ1v) is 5.08. The molecule has 0 spiro atoms. The second-order valence-electron chi connectivity index (χ2n) is 3.90. The SMILES string of the molecule is Cc1ccc(C)c(-n2cc(O)c(C(=O)O)n2)c1. The first kappa shape index (κ1) is 11.2. The molecule has 2 rings (SSSR count). The Balaban J connectivity index is 2.57. The average Bonchev–Trinajstić information content (AvgIpc) is 2.64. The van der Waals surface area contributed by atoms with Gasteiger partial charge in [-0.3, -0.25) is 0 Å². The van der Waals surface area contributed by atoms with Crippen LogP contribution in [0.5, 0.6) is 5.75 Å². The van der Waals surface area contributed by atoms with Crippen molar-refractivity contribution >= 4 is 5.97 Å². The van der Waals surface area contributed by atoms with Crippen LogP contribution in [0.3, 0.4) is 0 Å². The number of rotatable bonds is 2. The Hall–Kier alpha value is -2.30. The number of aromatic carboxylic acids is 1. The zero-order chi connectivity index (χ0) is 12.6. The molecule has 1 aromatic carbocycles. The van der Waals surface area contributed by atoms with E-state index in [-0.39, 0.29) is 11.4 Å². The second kappa shape index (κ2) is 3.93. The third kappa shape index (κ3) is 1.99. The van der Waals surface area contributed by atoms with E-state index in [4.69, 9.17) is 5.11 Å². The molecule has 0 aliphatic rings. The zero-order valence-electron chi connectivity index (χ0n) is 9.51. The molecule has 2 N–H and O–H groups in total. The van der Waals surface area contributed by atoms with Gasteiger partial charge in [0.1, 0.15) is 0 Å². The van der Waals surface area contributed by atoms with Gasteiger partial charge in [-0.25, -0.2) is 9.48 Å². The summed E-state index contributed by atoms with van der Waals surface area (Å²) < 4.78 is 1.38. The molecular weight excluding hydrogens is 220 g/mol. The molecule has 0 unspecified atom stereocenters. The van der Waals surface area contributed by atoms with E-state index < -0.39 is 5.97 Å². The standard InChI is InChI=1S/C12H12N2O3/c1-7-3-4-8(2)9(5-7)14-6-10(15)11(13-14)12(16)17/h3-6,15H,1-2H3,(H,16,17). The molecule has 5 heteroatoms. The van der Waals surface area contributed by atoms with Gasteiger partial charge < -0.3 is 10.2 Å². The summed E-state index contributed by atoms with van der Waals surface area (Å²) in [6.07, 6.45) is 1.30. The van der Waals surface area contributed by atoms with E-state index in [0.717, 1.165) is 16.8 Å². The Morgan fingerprint density at radius 1 is 1.35 bits per heavy atom. The maximum Gasteiger partial charge on any atom is 0.360 e. The van der Waals surface area contributed by atoms with E-state index >= 15 is 0 Å². The highest BCUT2D eigenvalue weighted by Gasteiger charge is 2.16. The molecule has 1 heterocycles. The fourth-order valence-corrected chi connectivity index (χ4v) is 1.61. The molecule has 0 amide bonds. The van der Waals surface area contributed by atoms with Gasteiger partial charge in [0.15, 0.2) is 5.75 Å². The molecular formula is C12H12N2O3. The summed E-state index contributed by atoms with van der Waals surface area (Å²) in [5.41, 5.74) is 2.41. The van der Waals surface area contributed by atoms with Crippen LogP contribution in [-0.4, -0.2) is 26.0 Å². The number of carboxylic acids is 1. The van der Waals surface area contributed by atoms with Gasteiger partial charge in [-0.15, -0.1) is 0 Å². The van der Waals surface area contributed by atoms with Crippen LogP contribution in [0.1, 0.15) is 21.6 Å². The lowest BCUT2D eigenvalue weighted by atomic mass is 10.1. The van der Waals surface area contributed by atoms with Gasteiger partial charge in [0.25, 0.3) is 0 Å². The first-order valence-electron chi connectivity index (χ1n) is 5.08. The fourth-order valence-electron chi connectivity index (χ4n) is 1.61. The third-order valence-corrected chi connectivity index (χ3v) is 2.51. The normalized spacial score (nSPS) is 10.5. The molecule has 5 nitrogen and oxygen atoms in total. The number of aromatic hydroxyl groups is 1. The molecule has 0 aliphatic heterocycles. The zero-order valence-corrected chi connectivity index (χ0v) is 9.51. The Morgan fingerprint density at radius 2 is 2.06 bits per heavy atom. The Kier molecular flexibility index (Phi) is 2.59. The van der Waals surface area contributed by atoms with Crippen molar-refractivity contribution < 1.29 is 15.0 Å². The summed E-state index contributed by atoms with van der Waals surface area (Å²) >= 11 is 0. The number of nitrogens with zero attached hydrogens (tertiary/aromatic N) is 2. The van der Waals surface area contributed by atoms with Crippen LogP contribution in [-0.2, 0) is 0 Å². The van der Waals surface area contributed by atoms with Crippen molar-refractivity contribution in [2.75, 3.05) is 0 Å². The van der Waals surface area contributed by atoms with Gasteiger partial charge in [-0.05, 0) is 31.0 Å². The predicted molar refractivity (Wildman–Crippen MR) is 61.7 cm³/mol. The largest absolute Gasteiger partial charge is 0.504 e. The number of aryl methyl sites for hydroxylation is 2. The molecule has 0 fully saturated rings. The topological polar surface area (TPSA) is 75.4 Å². The summed E-state index contributed by atoms with van der Waals surface area (Å²) in [5.74, 6) is -1.58. The monoisotopic (exact) mass is 232 g/mol. The number of hydrogen-bond donors (Lipinski definition) is 2. The van der Waals surface area contributed by atoms with Crippen LogP contribution >= 0.6 is 0 Å². The lowest BCUT2D eigenvalue weighted by Gasteiger charge is -2.06. The van der Waals surface area contributed by atoms with Crippen LogP contribution in [0, 0.1) is 13.8 Å². The third-order valence-electron chi connectivity index (χ3n) is 2.51. The lowest BCUT2D eigenvalue weighted by Crippen LogP contribution is -2.02. The lowest BCUT2D eigenvalue weighted by molar-refractivity contribution is 0.0687. The molecule has 0 atom stereocenters. The predicted octanol–water partition coefficient (Wildman–Crippen LogP) is 1.89. The number of benzene rings is 1.